The Balaban J connectivity index is 2.37. The van der Waals surface area contributed by atoms with Crippen molar-refractivity contribution < 1.29 is 13.2 Å². The molecule has 0 radical (unpaired) electrons. The molecule has 0 spiro atoms. The Kier molecular flexibility index (Phi) is 3.95. The SMILES string of the molecule is N[C@H]1CCCCC[C@H]1c1ccccc1C(F)(F)F. The van der Waals surface area contributed by atoms with Crippen molar-refractivity contribution in [3.63, 3.8) is 0 Å². The fraction of sp³-hybridized carbons (Fsp3) is 0.571. The second-order valence-electron chi connectivity index (χ2n) is 4.99. The van der Waals surface area contributed by atoms with Gasteiger partial charge in [-0.05, 0) is 30.4 Å². The second kappa shape index (κ2) is 5.31. The van der Waals surface area contributed by atoms with Gasteiger partial charge in [-0.25, -0.2) is 0 Å². The van der Waals surface area contributed by atoms with Gasteiger partial charge in [0.25, 0.3) is 0 Å². The van der Waals surface area contributed by atoms with Crippen LogP contribution in [-0.2, 0) is 6.18 Å². The van der Waals surface area contributed by atoms with Crippen molar-refractivity contribution in [2.24, 2.45) is 5.73 Å². The molecule has 100 valence electrons. The summed E-state index contributed by atoms with van der Waals surface area (Å²) in [7, 11) is 0. The van der Waals surface area contributed by atoms with E-state index in [9.17, 15) is 13.2 Å². The lowest BCUT2D eigenvalue weighted by Crippen LogP contribution is -2.29. The predicted molar refractivity (Wildman–Crippen MR) is 65.2 cm³/mol. The van der Waals surface area contributed by atoms with E-state index >= 15 is 0 Å². The summed E-state index contributed by atoms with van der Waals surface area (Å²) >= 11 is 0. The second-order valence-corrected chi connectivity index (χ2v) is 4.99. The standard InChI is InChI=1S/C14H18F3N/c15-14(16,17)12-8-5-4-6-10(12)11-7-2-1-3-9-13(11)18/h4-6,8,11,13H,1-3,7,9,18H2/t11-,13-/m0/s1. The number of benzene rings is 1. The van der Waals surface area contributed by atoms with E-state index in [-0.39, 0.29) is 12.0 Å². The van der Waals surface area contributed by atoms with E-state index in [1.54, 1.807) is 12.1 Å². The highest BCUT2D eigenvalue weighted by atomic mass is 19.4. The van der Waals surface area contributed by atoms with Crippen LogP contribution in [0.3, 0.4) is 0 Å². The first-order chi connectivity index (χ1) is 8.50. The topological polar surface area (TPSA) is 26.0 Å². The Morgan fingerprint density at radius 2 is 1.67 bits per heavy atom. The van der Waals surface area contributed by atoms with Gasteiger partial charge in [-0.15, -0.1) is 0 Å². The van der Waals surface area contributed by atoms with Gasteiger partial charge in [0.15, 0.2) is 0 Å². The highest BCUT2D eigenvalue weighted by Crippen LogP contribution is 2.39. The van der Waals surface area contributed by atoms with Crippen molar-refractivity contribution in [1.29, 1.82) is 0 Å². The largest absolute Gasteiger partial charge is 0.416 e. The molecule has 2 atom stereocenters. The van der Waals surface area contributed by atoms with Crippen LogP contribution in [-0.4, -0.2) is 6.04 Å². The van der Waals surface area contributed by atoms with Gasteiger partial charge in [0.2, 0.25) is 0 Å². The molecule has 0 bridgehead atoms. The fourth-order valence-electron chi connectivity index (χ4n) is 2.80. The quantitative estimate of drug-likeness (QED) is 0.754. The summed E-state index contributed by atoms with van der Waals surface area (Å²) in [6.07, 6.45) is 0.336. The minimum Gasteiger partial charge on any atom is -0.327 e. The first-order valence-corrected chi connectivity index (χ1v) is 6.42. The third kappa shape index (κ3) is 2.86. The molecule has 1 aliphatic rings. The summed E-state index contributed by atoms with van der Waals surface area (Å²) in [5.41, 5.74) is 5.91. The minimum absolute atomic E-state index is 0.156. The van der Waals surface area contributed by atoms with Gasteiger partial charge in [0.05, 0.1) is 5.56 Å². The summed E-state index contributed by atoms with van der Waals surface area (Å²) in [6.45, 7) is 0. The highest BCUT2D eigenvalue weighted by Gasteiger charge is 2.36. The van der Waals surface area contributed by atoms with Gasteiger partial charge in [-0.2, -0.15) is 13.2 Å². The first kappa shape index (κ1) is 13.4. The lowest BCUT2D eigenvalue weighted by molar-refractivity contribution is -0.138. The first-order valence-electron chi connectivity index (χ1n) is 6.42. The zero-order chi connectivity index (χ0) is 13.2. The van der Waals surface area contributed by atoms with Crippen molar-refractivity contribution >= 4 is 0 Å². The predicted octanol–water partition coefficient (Wildman–Crippen LogP) is 4.08. The van der Waals surface area contributed by atoms with E-state index in [0.29, 0.717) is 5.56 Å². The van der Waals surface area contributed by atoms with Crippen LogP contribution in [0.4, 0.5) is 13.2 Å². The Bertz CT molecular complexity index is 400. The zero-order valence-electron chi connectivity index (χ0n) is 10.2. The third-order valence-electron chi connectivity index (χ3n) is 3.74. The van der Waals surface area contributed by atoms with E-state index in [2.05, 4.69) is 0 Å². The van der Waals surface area contributed by atoms with Gasteiger partial charge in [0.1, 0.15) is 0 Å². The molecule has 2 rings (SSSR count). The third-order valence-corrected chi connectivity index (χ3v) is 3.74. The molecule has 0 heterocycles. The molecule has 1 aromatic rings. The Labute approximate surface area is 105 Å². The summed E-state index contributed by atoms with van der Waals surface area (Å²) in [5, 5.41) is 0. The van der Waals surface area contributed by atoms with E-state index in [1.807, 2.05) is 0 Å². The van der Waals surface area contributed by atoms with Crippen molar-refractivity contribution in [1.82, 2.24) is 0 Å². The monoisotopic (exact) mass is 257 g/mol. The van der Waals surface area contributed by atoms with E-state index < -0.39 is 11.7 Å². The molecule has 0 aliphatic heterocycles. The Hall–Kier alpha value is -1.03. The van der Waals surface area contributed by atoms with Crippen molar-refractivity contribution in [3.8, 4) is 0 Å². The van der Waals surface area contributed by atoms with Gasteiger partial charge in [0, 0.05) is 6.04 Å². The summed E-state index contributed by atoms with van der Waals surface area (Å²) in [4.78, 5) is 0. The van der Waals surface area contributed by atoms with Crippen LogP contribution in [0.25, 0.3) is 0 Å². The van der Waals surface area contributed by atoms with E-state index in [1.165, 1.54) is 6.07 Å². The van der Waals surface area contributed by atoms with Crippen LogP contribution in [0.15, 0.2) is 24.3 Å². The molecular weight excluding hydrogens is 239 g/mol. The number of hydrogen-bond acceptors (Lipinski definition) is 1. The normalized spacial score (nSPS) is 25.8. The van der Waals surface area contributed by atoms with E-state index in [4.69, 9.17) is 5.73 Å². The van der Waals surface area contributed by atoms with Crippen LogP contribution in [0.2, 0.25) is 0 Å². The average molecular weight is 257 g/mol. The lowest BCUT2D eigenvalue weighted by Gasteiger charge is -2.25. The maximum Gasteiger partial charge on any atom is 0.416 e. The maximum atomic E-state index is 13.0. The molecule has 4 heteroatoms. The van der Waals surface area contributed by atoms with Gasteiger partial charge in [-0.3, -0.25) is 0 Å². The molecule has 1 aromatic carbocycles. The maximum absolute atomic E-state index is 13.0. The lowest BCUT2D eigenvalue weighted by atomic mass is 9.85. The fourth-order valence-corrected chi connectivity index (χ4v) is 2.80. The molecule has 0 amide bonds. The Morgan fingerprint density at radius 1 is 1.00 bits per heavy atom. The van der Waals surface area contributed by atoms with Crippen LogP contribution in [0, 0.1) is 0 Å². The van der Waals surface area contributed by atoms with Gasteiger partial charge < -0.3 is 5.73 Å². The van der Waals surface area contributed by atoms with Crippen molar-refractivity contribution in [2.45, 2.75) is 50.2 Å². The van der Waals surface area contributed by atoms with Crippen LogP contribution in [0.5, 0.6) is 0 Å². The summed E-state index contributed by atoms with van der Waals surface area (Å²) in [5.74, 6) is -0.162. The number of rotatable bonds is 1. The number of nitrogens with two attached hydrogens (primary N) is 1. The summed E-state index contributed by atoms with van der Waals surface area (Å²) < 4.78 is 39.0. The number of alkyl halides is 3. The van der Waals surface area contributed by atoms with Crippen molar-refractivity contribution in [2.75, 3.05) is 0 Å². The average Bonchev–Trinajstić information content (AvgIpc) is 2.53. The molecule has 1 aliphatic carbocycles. The van der Waals surface area contributed by atoms with Crippen LogP contribution in [0.1, 0.15) is 49.1 Å². The molecule has 1 nitrogen and oxygen atoms in total. The smallest absolute Gasteiger partial charge is 0.327 e. The highest BCUT2D eigenvalue weighted by molar-refractivity contribution is 5.33. The van der Waals surface area contributed by atoms with Gasteiger partial charge >= 0.3 is 6.18 Å². The molecule has 1 fully saturated rings. The minimum atomic E-state index is -4.29. The molecular formula is C14H18F3N. The Morgan fingerprint density at radius 3 is 2.39 bits per heavy atom. The summed E-state index contributed by atoms with van der Waals surface area (Å²) in [6, 6.07) is 5.69. The number of hydrogen-bond donors (Lipinski definition) is 1. The van der Waals surface area contributed by atoms with Crippen LogP contribution < -0.4 is 5.73 Å². The van der Waals surface area contributed by atoms with Crippen LogP contribution >= 0.6 is 0 Å². The molecule has 0 saturated heterocycles. The number of halogens is 3. The molecule has 18 heavy (non-hydrogen) atoms. The molecule has 0 aromatic heterocycles. The zero-order valence-corrected chi connectivity index (χ0v) is 10.2. The molecule has 1 saturated carbocycles. The van der Waals surface area contributed by atoms with E-state index in [0.717, 1.165) is 38.2 Å². The van der Waals surface area contributed by atoms with Gasteiger partial charge in [-0.1, -0.05) is 37.5 Å². The molecule has 2 N–H and O–H groups in total. The van der Waals surface area contributed by atoms with Crippen molar-refractivity contribution in [3.05, 3.63) is 35.4 Å². The molecule has 0 unspecified atom stereocenters.